The van der Waals surface area contributed by atoms with Crippen molar-refractivity contribution >= 4 is 22.0 Å². The van der Waals surface area contributed by atoms with E-state index in [4.69, 9.17) is 9.15 Å². The molecule has 124 valence electrons. The standard InChI is InChI=1S/C16H25BrN2O3/c1-16(2,3)22-15(20)19-9-5-4-6-12(11-19)18-10-13-7-8-14(17)21-13/h7-8,12,18H,4-6,9-11H2,1-3H3. The minimum atomic E-state index is -0.452. The molecule has 1 amide bonds. The highest BCUT2D eigenvalue weighted by atomic mass is 79.9. The van der Waals surface area contributed by atoms with Gasteiger partial charge in [0.15, 0.2) is 4.67 Å². The number of rotatable bonds is 3. The third-order valence-corrected chi connectivity index (χ3v) is 3.94. The number of hydrogen-bond donors (Lipinski definition) is 1. The lowest BCUT2D eigenvalue weighted by atomic mass is 10.1. The number of likely N-dealkylation sites (tertiary alicyclic amines) is 1. The molecule has 2 rings (SSSR count). The van der Waals surface area contributed by atoms with Crippen LogP contribution in [-0.4, -0.2) is 35.7 Å². The van der Waals surface area contributed by atoms with E-state index in [0.717, 1.165) is 36.2 Å². The molecule has 2 heterocycles. The average molecular weight is 373 g/mol. The van der Waals surface area contributed by atoms with Crippen molar-refractivity contribution in [1.82, 2.24) is 10.2 Å². The number of nitrogens with zero attached hydrogens (tertiary/aromatic N) is 1. The predicted octanol–water partition coefficient (Wildman–Crippen LogP) is 3.92. The molecule has 1 aliphatic heterocycles. The number of hydrogen-bond acceptors (Lipinski definition) is 4. The van der Waals surface area contributed by atoms with Gasteiger partial charge in [-0.2, -0.15) is 0 Å². The van der Waals surface area contributed by atoms with Crippen molar-refractivity contribution in [1.29, 1.82) is 0 Å². The van der Waals surface area contributed by atoms with Crippen molar-refractivity contribution in [2.75, 3.05) is 13.1 Å². The Hall–Kier alpha value is -1.01. The molecule has 1 aliphatic rings. The fourth-order valence-electron chi connectivity index (χ4n) is 2.49. The monoisotopic (exact) mass is 372 g/mol. The molecule has 0 saturated carbocycles. The van der Waals surface area contributed by atoms with Gasteiger partial charge in [-0.3, -0.25) is 0 Å². The first-order valence-electron chi connectivity index (χ1n) is 7.79. The number of furan rings is 1. The molecule has 5 nitrogen and oxygen atoms in total. The zero-order valence-corrected chi connectivity index (χ0v) is 15.1. The SMILES string of the molecule is CC(C)(C)OC(=O)N1CCCCC(NCc2ccc(Br)o2)C1. The molecule has 1 unspecified atom stereocenters. The minimum absolute atomic E-state index is 0.220. The summed E-state index contributed by atoms with van der Waals surface area (Å²) in [6, 6.07) is 4.09. The van der Waals surface area contributed by atoms with Gasteiger partial charge < -0.3 is 19.4 Å². The number of carbonyl (C=O) groups excluding carboxylic acids is 1. The summed E-state index contributed by atoms with van der Waals surface area (Å²) in [6.07, 6.45) is 2.96. The smallest absolute Gasteiger partial charge is 0.410 e. The van der Waals surface area contributed by atoms with E-state index in [9.17, 15) is 4.79 Å². The Labute approximate surface area is 140 Å². The van der Waals surface area contributed by atoms with Crippen molar-refractivity contribution < 1.29 is 13.9 Å². The van der Waals surface area contributed by atoms with Gasteiger partial charge in [-0.1, -0.05) is 6.42 Å². The van der Waals surface area contributed by atoms with Crippen molar-refractivity contribution in [3.63, 3.8) is 0 Å². The molecule has 0 bridgehead atoms. The van der Waals surface area contributed by atoms with Crippen molar-refractivity contribution in [2.24, 2.45) is 0 Å². The van der Waals surface area contributed by atoms with Crippen molar-refractivity contribution in [3.8, 4) is 0 Å². The van der Waals surface area contributed by atoms with Crippen LogP contribution in [0.1, 0.15) is 45.8 Å². The molecular weight excluding hydrogens is 348 g/mol. The number of halogens is 1. The molecule has 1 aromatic rings. The Morgan fingerprint density at radius 1 is 1.45 bits per heavy atom. The Balaban J connectivity index is 1.87. The van der Waals surface area contributed by atoms with E-state index in [1.807, 2.05) is 37.8 Å². The van der Waals surface area contributed by atoms with Crippen LogP contribution < -0.4 is 5.32 Å². The normalized spacial score (nSPS) is 19.8. The van der Waals surface area contributed by atoms with Gasteiger partial charge in [-0.25, -0.2) is 4.79 Å². The maximum Gasteiger partial charge on any atom is 0.410 e. The topological polar surface area (TPSA) is 54.7 Å². The first-order chi connectivity index (χ1) is 10.3. The molecule has 0 radical (unpaired) electrons. The summed E-state index contributed by atoms with van der Waals surface area (Å²) in [4.78, 5) is 14.1. The Kier molecular flexibility index (Phi) is 5.92. The second-order valence-corrected chi connectivity index (χ2v) is 7.49. The van der Waals surface area contributed by atoms with Gasteiger partial charge in [0.2, 0.25) is 0 Å². The molecule has 0 aliphatic carbocycles. The number of carbonyl (C=O) groups is 1. The summed E-state index contributed by atoms with van der Waals surface area (Å²) in [6.45, 7) is 7.79. The van der Waals surface area contributed by atoms with Gasteiger partial charge in [-0.15, -0.1) is 0 Å². The van der Waals surface area contributed by atoms with Crippen LogP contribution in [0, 0.1) is 0 Å². The van der Waals surface area contributed by atoms with E-state index in [1.165, 1.54) is 0 Å². The Morgan fingerprint density at radius 3 is 2.86 bits per heavy atom. The van der Waals surface area contributed by atoms with Crippen LogP contribution in [-0.2, 0) is 11.3 Å². The predicted molar refractivity (Wildman–Crippen MR) is 88.7 cm³/mol. The minimum Gasteiger partial charge on any atom is -0.453 e. The number of ether oxygens (including phenoxy) is 1. The van der Waals surface area contributed by atoms with Gasteiger partial charge >= 0.3 is 6.09 Å². The maximum absolute atomic E-state index is 12.2. The fourth-order valence-corrected chi connectivity index (χ4v) is 2.83. The van der Waals surface area contributed by atoms with Gasteiger partial charge in [0.1, 0.15) is 11.4 Å². The lowest BCUT2D eigenvalue weighted by Crippen LogP contribution is -2.44. The number of nitrogens with one attached hydrogen (secondary N) is 1. The van der Waals surface area contributed by atoms with Gasteiger partial charge in [-0.05, 0) is 61.7 Å². The summed E-state index contributed by atoms with van der Waals surface area (Å²) in [5, 5.41) is 3.47. The molecule has 22 heavy (non-hydrogen) atoms. The van der Waals surface area contributed by atoms with Crippen LogP contribution in [0.4, 0.5) is 4.79 Å². The van der Waals surface area contributed by atoms with Crippen LogP contribution in [0.15, 0.2) is 21.2 Å². The summed E-state index contributed by atoms with van der Waals surface area (Å²) < 4.78 is 11.7. The van der Waals surface area contributed by atoms with Crippen LogP contribution >= 0.6 is 15.9 Å². The molecule has 6 heteroatoms. The largest absolute Gasteiger partial charge is 0.453 e. The average Bonchev–Trinajstić information content (AvgIpc) is 2.69. The molecule has 1 N–H and O–H groups in total. The second-order valence-electron chi connectivity index (χ2n) is 6.71. The molecule has 0 aromatic carbocycles. The quantitative estimate of drug-likeness (QED) is 0.873. The van der Waals surface area contributed by atoms with Crippen molar-refractivity contribution in [2.45, 2.75) is 58.2 Å². The molecule has 1 atom stereocenters. The van der Waals surface area contributed by atoms with E-state index in [1.54, 1.807) is 0 Å². The van der Waals surface area contributed by atoms with Crippen LogP contribution in [0.5, 0.6) is 0 Å². The molecule has 0 spiro atoms. The fraction of sp³-hybridized carbons (Fsp3) is 0.688. The van der Waals surface area contributed by atoms with E-state index < -0.39 is 5.60 Å². The second kappa shape index (κ2) is 7.51. The third kappa shape index (κ3) is 5.65. The molecular formula is C16H25BrN2O3. The highest BCUT2D eigenvalue weighted by Crippen LogP contribution is 2.17. The van der Waals surface area contributed by atoms with Crippen LogP contribution in [0.3, 0.4) is 0 Å². The van der Waals surface area contributed by atoms with E-state index in [0.29, 0.717) is 13.1 Å². The zero-order valence-electron chi connectivity index (χ0n) is 13.5. The Bertz CT molecular complexity index is 496. The van der Waals surface area contributed by atoms with Crippen LogP contribution in [0.2, 0.25) is 0 Å². The summed E-state index contributed by atoms with van der Waals surface area (Å²) in [5.41, 5.74) is -0.452. The summed E-state index contributed by atoms with van der Waals surface area (Å²) in [5.74, 6) is 0.889. The summed E-state index contributed by atoms with van der Waals surface area (Å²) >= 11 is 3.30. The first kappa shape index (κ1) is 17.3. The third-order valence-electron chi connectivity index (χ3n) is 3.52. The number of amides is 1. The lowest BCUT2D eigenvalue weighted by Gasteiger charge is -2.28. The van der Waals surface area contributed by atoms with Crippen molar-refractivity contribution in [3.05, 3.63) is 22.6 Å². The van der Waals surface area contributed by atoms with Crippen LogP contribution in [0.25, 0.3) is 0 Å². The zero-order chi connectivity index (χ0) is 16.2. The maximum atomic E-state index is 12.2. The molecule has 1 saturated heterocycles. The molecule has 1 fully saturated rings. The van der Waals surface area contributed by atoms with Gasteiger partial charge in [0.05, 0.1) is 6.54 Å². The molecule has 1 aromatic heterocycles. The lowest BCUT2D eigenvalue weighted by molar-refractivity contribution is 0.0243. The van der Waals surface area contributed by atoms with Gasteiger partial charge in [0, 0.05) is 19.1 Å². The first-order valence-corrected chi connectivity index (χ1v) is 8.58. The summed E-state index contributed by atoms with van der Waals surface area (Å²) in [7, 11) is 0. The van der Waals surface area contributed by atoms with E-state index >= 15 is 0 Å². The van der Waals surface area contributed by atoms with E-state index in [-0.39, 0.29) is 12.1 Å². The van der Waals surface area contributed by atoms with Gasteiger partial charge in [0.25, 0.3) is 0 Å². The highest BCUT2D eigenvalue weighted by molar-refractivity contribution is 9.10. The Morgan fingerprint density at radius 2 is 2.23 bits per heavy atom. The van der Waals surface area contributed by atoms with E-state index in [2.05, 4.69) is 21.2 Å². The highest BCUT2D eigenvalue weighted by Gasteiger charge is 2.26.